The van der Waals surface area contributed by atoms with Gasteiger partial charge in [-0.15, -0.1) is 0 Å². The van der Waals surface area contributed by atoms with Gasteiger partial charge in [-0.3, -0.25) is 9.59 Å². The van der Waals surface area contributed by atoms with Crippen LogP contribution in [0.4, 0.5) is 0 Å². The van der Waals surface area contributed by atoms with E-state index in [-0.39, 0.29) is 11.6 Å². The number of Topliss-reactive ketones (excluding diaryl/α,β-unsaturated/α-hetero) is 2. The van der Waals surface area contributed by atoms with E-state index in [1.807, 2.05) is 42.7 Å². The molecule has 33 heavy (non-hydrogen) atoms. The molecule has 0 saturated heterocycles. The fourth-order valence-corrected chi connectivity index (χ4v) is 5.01. The summed E-state index contributed by atoms with van der Waals surface area (Å²) < 4.78 is 0. The van der Waals surface area contributed by atoms with Gasteiger partial charge in [-0.05, 0) is 42.7 Å². The van der Waals surface area contributed by atoms with Crippen LogP contribution >= 0.6 is 0 Å². The first-order valence-corrected chi connectivity index (χ1v) is 13.1. The quantitative estimate of drug-likeness (QED) is 0.248. The first-order chi connectivity index (χ1) is 16.1. The highest BCUT2D eigenvalue weighted by Gasteiger charge is 2.38. The first kappa shape index (κ1) is 25.3. The van der Waals surface area contributed by atoms with E-state index in [2.05, 4.69) is 23.8 Å². The predicted molar refractivity (Wildman–Crippen MR) is 133 cm³/mol. The SMILES string of the molecule is CCCCCCc1cnc(C(C(=O)C2CCC(CCCCC)CC2=O)c2ccccc2)nc1. The Bertz CT molecular complexity index is 863. The van der Waals surface area contributed by atoms with Crippen molar-refractivity contribution in [3.8, 4) is 0 Å². The lowest BCUT2D eigenvalue weighted by Gasteiger charge is -2.29. The highest BCUT2D eigenvalue weighted by Crippen LogP contribution is 2.35. The maximum Gasteiger partial charge on any atom is 0.158 e. The lowest BCUT2D eigenvalue weighted by Crippen LogP contribution is -2.35. The van der Waals surface area contributed by atoms with Crippen LogP contribution in [0.25, 0.3) is 0 Å². The molecule has 3 unspecified atom stereocenters. The number of unbranched alkanes of at least 4 members (excludes halogenated alkanes) is 5. The van der Waals surface area contributed by atoms with Crippen molar-refractivity contribution >= 4 is 11.6 Å². The monoisotopic (exact) mass is 448 g/mol. The fraction of sp³-hybridized carbons (Fsp3) is 0.586. The van der Waals surface area contributed by atoms with Gasteiger partial charge in [0.25, 0.3) is 0 Å². The first-order valence-electron chi connectivity index (χ1n) is 13.1. The van der Waals surface area contributed by atoms with Gasteiger partial charge in [-0.1, -0.05) is 89.1 Å². The minimum absolute atomic E-state index is 0.0334. The van der Waals surface area contributed by atoms with Gasteiger partial charge in [-0.2, -0.15) is 0 Å². The standard InChI is InChI=1S/C29H40N2O2/c1-3-5-7-10-14-23-20-30-29(31-21-23)27(24-15-11-8-12-16-24)28(33)25-18-17-22(19-26(25)32)13-9-6-4-2/h8,11-12,15-16,20-22,25,27H,3-7,9-10,13-14,17-19H2,1-2H3. The maximum absolute atomic E-state index is 13.7. The molecule has 1 heterocycles. The summed E-state index contributed by atoms with van der Waals surface area (Å²) >= 11 is 0. The second kappa shape index (κ2) is 13.4. The lowest BCUT2D eigenvalue weighted by molar-refractivity contribution is -0.135. The minimum Gasteiger partial charge on any atom is -0.299 e. The van der Waals surface area contributed by atoms with Crippen molar-refractivity contribution < 1.29 is 9.59 Å². The van der Waals surface area contributed by atoms with Gasteiger partial charge in [0.1, 0.15) is 17.5 Å². The van der Waals surface area contributed by atoms with Crippen molar-refractivity contribution in [3.63, 3.8) is 0 Å². The molecule has 3 atom stereocenters. The number of hydrogen-bond acceptors (Lipinski definition) is 4. The zero-order valence-electron chi connectivity index (χ0n) is 20.5. The number of nitrogens with zero attached hydrogens (tertiary/aromatic N) is 2. The Hall–Kier alpha value is -2.36. The summed E-state index contributed by atoms with van der Waals surface area (Å²) in [6, 6.07) is 9.71. The molecule has 0 N–H and O–H groups in total. The smallest absolute Gasteiger partial charge is 0.158 e. The van der Waals surface area contributed by atoms with Crippen LogP contribution in [0, 0.1) is 11.8 Å². The average Bonchev–Trinajstić information content (AvgIpc) is 2.84. The predicted octanol–water partition coefficient (Wildman–Crippen LogP) is 6.87. The number of hydrogen-bond donors (Lipinski definition) is 0. The zero-order chi connectivity index (χ0) is 23.5. The number of aromatic nitrogens is 2. The topological polar surface area (TPSA) is 59.9 Å². The number of rotatable bonds is 13. The molecule has 0 radical (unpaired) electrons. The molecule has 1 aliphatic carbocycles. The largest absolute Gasteiger partial charge is 0.299 e. The molecule has 0 spiro atoms. The van der Waals surface area contributed by atoms with Crippen LogP contribution in [-0.4, -0.2) is 21.5 Å². The number of carbonyl (C=O) groups excluding carboxylic acids is 2. The normalized spacial score (nSPS) is 19.4. The van der Waals surface area contributed by atoms with Crippen molar-refractivity contribution in [1.29, 1.82) is 0 Å². The summed E-state index contributed by atoms with van der Waals surface area (Å²) in [5, 5.41) is 0. The molecule has 3 rings (SSSR count). The van der Waals surface area contributed by atoms with Gasteiger partial charge in [0.2, 0.25) is 0 Å². The van der Waals surface area contributed by atoms with Gasteiger partial charge < -0.3 is 0 Å². The summed E-state index contributed by atoms with van der Waals surface area (Å²) in [4.78, 5) is 35.9. The molecule has 0 amide bonds. The Morgan fingerprint density at radius 1 is 0.939 bits per heavy atom. The third-order valence-electron chi connectivity index (χ3n) is 7.02. The van der Waals surface area contributed by atoms with Crippen LogP contribution in [0.5, 0.6) is 0 Å². The number of aryl methyl sites for hydroxylation is 1. The number of ketones is 2. The molecular formula is C29H40N2O2. The molecule has 178 valence electrons. The Kier molecular flexibility index (Phi) is 10.2. The molecular weight excluding hydrogens is 408 g/mol. The summed E-state index contributed by atoms with van der Waals surface area (Å²) in [6.45, 7) is 4.41. The zero-order valence-corrected chi connectivity index (χ0v) is 20.5. The van der Waals surface area contributed by atoms with E-state index < -0.39 is 11.8 Å². The highest BCUT2D eigenvalue weighted by atomic mass is 16.2. The van der Waals surface area contributed by atoms with E-state index in [9.17, 15) is 9.59 Å². The third-order valence-corrected chi connectivity index (χ3v) is 7.02. The van der Waals surface area contributed by atoms with Gasteiger partial charge >= 0.3 is 0 Å². The van der Waals surface area contributed by atoms with E-state index in [0.717, 1.165) is 36.8 Å². The molecule has 1 aromatic carbocycles. The summed E-state index contributed by atoms with van der Waals surface area (Å²) in [5.74, 6) is -0.0797. The highest BCUT2D eigenvalue weighted by molar-refractivity contribution is 6.06. The second-order valence-corrected chi connectivity index (χ2v) is 9.67. The Labute approximate surface area is 199 Å². The minimum atomic E-state index is -0.578. The summed E-state index contributed by atoms with van der Waals surface area (Å²) in [5.41, 5.74) is 1.98. The van der Waals surface area contributed by atoms with Crippen LogP contribution in [0.15, 0.2) is 42.7 Å². The molecule has 1 saturated carbocycles. The van der Waals surface area contributed by atoms with Gasteiger partial charge in [-0.25, -0.2) is 9.97 Å². The molecule has 1 fully saturated rings. The molecule has 4 heteroatoms. The van der Waals surface area contributed by atoms with E-state index in [1.165, 1.54) is 38.5 Å². The van der Waals surface area contributed by atoms with Gasteiger partial charge in [0.05, 0.1) is 5.92 Å². The maximum atomic E-state index is 13.7. The van der Waals surface area contributed by atoms with E-state index in [1.54, 1.807) is 0 Å². The van der Waals surface area contributed by atoms with Crippen LogP contribution in [-0.2, 0) is 16.0 Å². The number of carbonyl (C=O) groups is 2. The lowest BCUT2D eigenvalue weighted by atomic mass is 9.73. The van der Waals surface area contributed by atoms with Crippen molar-refractivity contribution in [3.05, 3.63) is 59.7 Å². The van der Waals surface area contributed by atoms with Crippen molar-refractivity contribution in [2.75, 3.05) is 0 Å². The van der Waals surface area contributed by atoms with E-state index in [0.29, 0.717) is 24.6 Å². The Morgan fingerprint density at radius 2 is 1.64 bits per heavy atom. The van der Waals surface area contributed by atoms with Crippen molar-refractivity contribution in [1.82, 2.24) is 9.97 Å². The van der Waals surface area contributed by atoms with Crippen LogP contribution < -0.4 is 0 Å². The van der Waals surface area contributed by atoms with Crippen molar-refractivity contribution in [2.45, 2.75) is 96.8 Å². The summed E-state index contributed by atoms with van der Waals surface area (Å²) in [6.07, 6.45) is 16.4. The van der Waals surface area contributed by atoms with Crippen molar-refractivity contribution in [2.24, 2.45) is 11.8 Å². The second-order valence-electron chi connectivity index (χ2n) is 9.67. The third kappa shape index (κ3) is 7.31. The summed E-state index contributed by atoms with van der Waals surface area (Å²) in [7, 11) is 0. The van der Waals surface area contributed by atoms with Crippen LogP contribution in [0.2, 0.25) is 0 Å². The fourth-order valence-electron chi connectivity index (χ4n) is 5.01. The molecule has 4 nitrogen and oxygen atoms in total. The average molecular weight is 449 g/mol. The molecule has 1 aliphatic rings. The molecule has 1 aromatic heterocycles. The Balaban J connectivity index is 1.72. The van der Waals surface area contributed by atoms with Crippen LogP contribution in [0.1, 0.15) is 107 Å². The molecule has 0 bridgehead atoms. The van der Waals surface area contributed by atoms with Crippen LogP contribution in [0.3, 0.4) is 0 Å². The molecule has 0 aliphatic heterocycles. The van der Waals surface area contributed by atoms with Gasteiger partial charge in [0, 0.05) is 18.8 Å². The molecule has 2 aromatic rings. The number of benzene rings is 1. The Morgan fingerprint density at radius 3 is 2.30 bits per heavy atom. The van der Waals surface area contributed by atoms with E-state index in [4.69, 9.17) is 0 Å². The van der Waals surface area contributed by atoms with Gasteiger partial charge in [0.15, 0.2) is 5.78 Å². The van der Waals surface area contributed by atoms with E-state index >= 15 is 0 Å².